The van der Waals surface area contributed by atoms with Gasteiger partial charge in [-0.1, -0.05) is 29.8 Å². The largest absolute Gasteiger partial charge is 0.387 e. The average molecular weight is 497 g/mol. The number of aliphatic hydroxyl groups is 1. The lowest BCUT2D eigenvalue weighted by atomic mass is 10.1. The number of pyridine rings is 2. The third-order valence-corrected chi connectivity index (χ3v) is 6.87. The van der Waals surface area contributed by atoms with E-state index in [1.165, 1.54) is 11.3 Å². The van der Waals surface area contributed by atoms with E-state index < -0.39 is 12.0 Å². The summed E-state index contributed by atoms with van der Waals surface area (Å²) in [5, 5.41) is 13.9. The van der Waals surface area contributed by atoms with Crippen molar-refractivity contribution in [2.45, 2.75) is 19.2 Å². The van der Waals surface area contributed by atoms with Gasteiger partial charge in [-0.15, -0.1) is 11.3 Å². The van der Waals surface area contributed by atoms with Crippen molar-refractivity contribution in [1.29, 1.82) is 0 Å². The predicted octanol–water partition coefficient (Wildman–Crippen LogP) is 3.74. The fourth-order valence-electron chi connectivity index (χ4n) is 3.72. The summed E-state index contributed by atoms with van der Waals surface area (Å²) in [6, 6.07) is 12.8. The smallest absolute Gasteiger partial charge is 0.257 e. The van der Waals surface area contributed by atoms with Gasteiger partial charge >= 0.3 is 0 Å². The molecular weight excluding hydrogens is 472 g/mol. The van der Waals surface area contributed by atoms with Crippen LogP contribution in [0, 0.1) is 0 Å². The molecule has 1 amide bonds. The number of benzene rings is 1. The summed E-state index contributed by atoms with van der Waals surface area (Å²) < 4.78 is 2.34. The van der Waals surface area contributed by atoms with Gasteiger partial charge in [-0.05, 0) is 36.9 Å². The molecule has 0 saturated carbocycles. The van der Waals surface area contributed by atoms with Crippen molar-refractivity contribution in [3.63, 3.8) is 0 Å². The Balaban J connectivity index is 1.48. The number of halogens is 1. The van der Waals surface area contributed by atoms with Crippen LogP contribution in [-0.4, -0.2) is 39.1 Å². The number of amides is 1. The van der Waals surface area contributed by atoms with Gasteiger partial charge in [0.2, 0.25) is 5.43 Å². The quantitative estimate of drug-likeness (QED) is 0.388. The Hall–Kier alpha value is -3.04. The molecule has 0 radical (unpaired) electrons. The van der Waals surface area contributed by atoms with Crippen LogP contribution >= 0.6 is 22.9 Å². The SMILES string of the molecule is CN(Cc1cc2c(s1)c(=O)c(C(=O)NCc1ccc(Cl)cc1)cn2C)CC(O)c1cccnc1. The molecule has 0 fully saturated rings. The molecule has 9 heteroatoms. The minimum atomic E-state index is -0.657. The van der Waals surface area contributed by atoms with E-state index in [0.29, 0.717) is 29.4 Å². The van der Waals surface area contributed by atoms with E-state index in [2.05, 4.69) is 10.3 Å². The molecule has 4 aromatic rings. The van der Waals surface area contributed by atoms with Crippen LogP contribution < -0.4 is 10.7 Å². The maximum atomic E-state index is 13.1. The fourth-order valence-corrected chi connectivity index (χ4v) is 5.08. The molecule has 1 aromatic carbocycles. The van der Waals surface area contributed by atoms with E-state index in [-0.39, 0.29) is 11.0 Å². The third kappa shape index (κ3) is 5.53. The monoisotopic (exact) mass is 496 g/mol. The molecule has 0 spiro atoms. The maximum absolute atomic E-state index is 13.1. The summed E-state index contributed by atoms with van der Waals surface area (Å²) in [4.78, 5) is 32.9. The van der Waals surface area contributed by atoms with Crippen LogP contribution in [-0.2, 0) is 20.1 Å². The number of nitrogens with one attached hydrogen (secondary N) is 1. The first-order valence-electron chi connectivity index (χ1n) is 10.7. The zero-order valence-corrected chi connectivity index (χ0v) is 20.4. The van der Waals surface area contributed by atoms with Crippen molar-refractivity contribution < 1.29 is 9.90 Å². The van der Waals surface area contributed by atoms with Crippen LogP contribution in [0.1, 0.15) is 32.5 Å². The molecule has 4 rings (SSSR count). The Kier molecular flexibility index (Phi) is 7.43. The second-order valence-electron chi connectivity index (χ2n) is 8.22. The van der Waals surface area contributed by atoms with Crippen LogP contribution in [0.3, 0.4) is 0 Å². The van der Waals surface area contributed by atoms with E-state index in [1.54, 1.807) is 41.4 Å². The predicted molar refractivity (Wildman–Crippen MR) is 135 cm³/mol. The van der Waals surface area contributed by atoms with Crippen LogP contribution in [0.5, 0.6) is 0 Å². The molecule has 176 valence electrons. The van der Waals surface area contributed by atoms with Crippen molar-refractivity contribution in [2.75, 3.05) is 13.6 Å². The van der Waals surface area contributed by atoms with Gasteiger partial charge in [-0.3, -0.25) is 19.5 Å². The highest BCUT2D eigenvalue weighted by molar-refractivity contribution is 7.19. The van der Waals surface area contributed by atoms with Gasteiger partial charge in [-0.25, -0.2) is 0 Å². The Morgan fingerprint density at radius 1 is 1.29 bits per heavy atom. The number of carbonyl (C=O) groups excluding carboxylic acids is 1. The second-order valence-corrected chi connectivity index (χ2v) is 9.79. The number of hydrogen-bond acceptors (Lipinski definition) is 6. The highest BCUT2D eigenvalue weighted by Gasteiger charge is 2.18. The third-order valence-electron chi connectivity index (χ3n) is 5.51. The average Bonchev–Trinajstić information content (AvgIpc) is 3.26. The molecule has 0 aliphatic heterocycles. The summed E-state index contributed by atoms with van der Waals surface area (Å²) in [7, 11) is 3.74. The lowest BCUT2D eigenvalue weighted by molar-refractivity contribution is 0.0949. The minimum absolute atomic E-state index is 0.109. The molecule has 3 heterocycles. The molecule has 0 bridgehead atoms. The molecule has 2 N–H and O–H groups in total. The first-order valence-corrected chi connectivity index (χ1v) is 11.9. The van der Waals surface area contributed by atoms with Crippen molar-refractivity contribution in [3.05, 3.63) is 97.9 Å². The number of likely N-dealkylation sites (N-methyl/N-ethyl adjacent to an activating group) is 1. The van der Waals surface area contributed by atoms with E-state index in [4.69, 9.17) is 11.6 Å². The van der Waals surface area contributed by atoms with E-state index >= 15 is 0 Å². The number of fused-ring (bicyclic) bond motifs is 1. The Bertz CT molecular complexity index is 1350. The van der Waals surface area contributed by atoms with Crippen molar-refractivity contribution in [2.24, 2.45) is 7.05 Å². The summed E-state index contributed by atoms with van der Waals surface area (Å²) in [6.07, 6.45) is 4.24. The van der Waals surface area contributed by atoms with Gasteiger partial charge in [-0.2, -0.15) is 0 Å². The highest BCUT2D eigenvalue weighted by atomic mass is 35.5. The van der Waals surface area contributed by atoms with E-state index in [9.17, 15) is 14.7 Å². The van der Waals surface area contributed by atoms with Crippen molar-refractivity contribution in [1.82, 2.24) is 19.8 Å². The first kappa shape index (κ1) is 24.1. The van der Waals surface area contributed by atoms with E-state index in [1.807, 2.05) is 43.3 Å². The number of hydrogen-bond donors (Lipinski definition) is 2. The highest BCUT2D eigenvalue weighted by Crippen LogP contribution is 2.25. The van der Waals surface area contributed by atoms with E-state index in [0.717, 1.165) is 21.5 Å². The lowest BCUT2D eigenvalue weighted by Gasteiger charge is -2.19. The molecule has 3 aromatic heterocycles. The zero-order chi connectivity index (χ0) is 24.2. The van der Waals surface area contributed by atoms with Gasteiger partial charge in [0.25, 0.3) is 5.91 Å². The Labute approximate surface area is 206 Å². The van der Waals surface area contributed by atoms with Gasteiger partial charge in [0, 0.05) is 60.7 Å². The number of carbonyl (C=O) groups is 1. The molecule has 1 unspecified atom stereocenters. The van der Waals surface area contributed by atoms with Crippen LogP contribution in [0.15, 0.2) is 65.8 Å². The first-order chi connectivity index (χ1) is 16.3. The number of aliphatic hydroxyl groups excluding tert-OH is 1. The molecule has 0 aliphatic carbocycles. The summed E-state index contributed by atoms with van der Waals surface area (Å²) in [5.41, 5.74) is 2.26. The molecular formula is C25H25ClN4O3S. The van der Waals surface area contributed by atoms with Crippen LogP contribution in [0.4, 0.5) is 0 Å². The number of aromatic nitrogens is 2. The minimum Gasteiger partial charge on any atom is -0.387 e. The molecule has 1 atom stereocenters. The van der Waals surface area contributed by atoms with Gasteiger partial charge in [0.1, 0.15) is 5.56 Å². The van der Waals surface area contributed by atoms with Crippen LogP contribution in [0.2, 0.25) is 5.02 Å². The zero-order valence-electron chi connectivity index (χ0n) is 18.9. The number of nitrogens with zero attached hydrogens (tertiary/aromatic N) is 3. The molecule has 0 saturated heterocycles. The summed E-state index contributed by atoms with van der Waals surface area (Å²) in [5.74, 6) is -0.413. The number of rotatable bonds is 8. The van der Waals surface area contributed by atoms with Gasteiger partial charge in [0.05, 0.1) is 16.3 Å². The Morgan fingerprint density at radius 2 is 2.06 bits per heavy atom. The van der Waals surface area contributed by atoms with Crippen LogP contribution in [0.25, 0.3) is 10.2 Å². The van der Waals surface area contributed by atoms with Crippen molar-refractivity contribution in [3.8, 4) is 0 Å². The second kappa shape index (κ2) is 10.5. The number of thiophene rings is 1. The molecule has 0 aliphatic rings. The lowest BCUT2D eigenvalue weighted by Crippen LogP contribution is -2.29. The van der Waals surface area contributed by atoms with Gasteiger partial charge in [0.15, 0.2) is 0 Å². The Morgan fingerprint density at radius 3 is 2.76 bits per heavy atom. The normalized spacial score (nSPS) is 12.3. The molecule has 7 nitrogen and oxygen atoms in total. The topological polar surface area (TPSA) is 87.5 Å². The van der Waals surface area contributed by atoms with Crippen molar-refractivity contribution >= 4 is 39.1 Å². The standard InChI is InChI=1S/C25H25ClN4O3S/c1-29(15-22(31)17-4-3-9-27-12-17)13-19-10-21-24(34-19)23(32)20(14-30(21)2)25(33)28-11-16-5-7-18(26)8-6-16/h3-10,12,14,22,31H,11,13,15H2,1-2H3,(H,28,33). The molecule has 34 heavy (non-hydrogen) atoms. The van der Waals surface area contributed by atoms with Gasteiger partial charge < -0.3 is 15.0 Å². The summed E-state index contributed by atoms with van der Waals surface area (Å²) in [6.45, 7) is 1.29. The summed E-state index contributed by atoms with van der Waals surface area (Å²) >= 11 is 7.28. The fraction of sp³-hybridized carbons (Fsp3) is 0.240. The maximum Gasteiger partial charge on any atom is 0.257 e. The number of aryl methyl sites for hydroxylation is 1.